The Labute approximate surface area is 53.9 Å². The van der Waals surface area contributed by atoms with Crippen molar-refractivity contribution in [2.45, 2.75) is 18.9 Å². The molecule has 0 spiro atoms. The molecule has 0 saturated carbocycles. The molecule has 1 rings (SSSR count). The van der Waals surface area contributed by atoms with Crippen LogP contribution in [0.5, 0.6) is 0 Å². The molecule has 1 aliphatic rings. The van der Waals surface area contributed by atoms with Gasteiger partial charge in [0.1, 0.15) is 0 Å². The Morgan fingerprint density at radius 3 is 3.00 bits per heavy atom. The number of carbonyl (C=O) groups excluding carboxylic acids is 2. The number of hydrogen-bond donors (Lipinski definition) is 2. The quantitative estimate of drug-likeness (QED) is 0.401. The number of nitrogens with two attached hydrogens (primary N) is 1. The third-order valence-electron chi connectivity index (χ3n) is 1.22. The first-order chi connectivity index (χ1) is 4.63. The van der Waals surface area contributed by atoms with Crippen molar-refractivity contribution in [3.8, 4) is 0 Å². The van der Waals surface area contributed by atoms with E-state index in [1.807, 2.05) is 0 Å². The van der Waals surface area contributed by atoms with Gasteiger partial charge >= 0.3 is 0 Å². The van der Waals surface area contributed by atoms with Crippen LogP contribution in [0.25, 0.3) is 0 Å². The third kappa shape index (κ3) is 1.26. The number of carbonyl (C=O) groups is 2. The summed E-state index contributed by atoms with van der Waals surface area (Å²) in [5, 5.41) is 0.341. The first-order valence-corrected chi connectivity index (χ1v) is 2.74. The molecule has 0 aromatic rings. The largest absolute Gasteiger partial charge is 0.320 e. The highest BCUT2D eigenvalue weighted by Crippen LogP contribution is 2.00. The fraction of sp³-hybridized carbons (Fsp3) is 0.600. The van der Waals surface area contributed by atoms with E-state index in [4.69, 9.17) is 7.15 Å². The lowest BCUT2D eigenvalue weighted by atomic mass is 10.1. The highest BCUT2D eigenvalue weighted by molar-refractivity contribution is 6.00. The van der Waals surface area contributed by atoms with Gasteiger partial charge in [0.2, 0.25) is 11.8 Å². The molecule has 4 nitrogen and oxygen atoms in total. The predicted octanol–water partition coefficient (Wildman–Crippen LogP) is -1.25. The van der Waals surface area contributed by atoms with Gasteiger partial charge in [0.25, 0.3) is 0 Å². The maximum Gasteiger partial charge on any atom is 0.243 e. The minimum Gasteiger partial charge on any atom is -0.320 e. The number of rotatable bonds is 0. The Morgan fingerprint density at radius 2 is 2.44 bits per heavy atom. The molecule has 4 heteroatoms. The van der Waals surface area contributed by atoms with Crippen LogP contribution in [0.1, 0.15) is 12.8 Å². The van der Waals surface area contributed by atoms with Crippen molar-refractivity contribution in [3.05, 3.63) is 0 Å². The third-order valence-corrected chi connectivity index (χ3v) is 1.22. The zero-order valence-electron chi connectivity index (χ0n) is 5.83. The van der Waals surface area contributed by atoms with Crippen molar-refractivity contribution in [1.29, 1.82) is 0 Å². The number of nitrogens with one attached hydrogen (secondary N) is 1. The monoisotopic (exact) mass is 129 g/mol. The summed E-state index contributed by atoms with van der Waals surface area (Å²) in [6.07, 6.45) is 0.573. The van der Waals surface area contributed by atoms with Crippen molar-refractivity contribution < 1.29 is 11.0 Å². The summed E-state index contributed by atoms with van der Waals surface area (Å²) in [5.41, 5.74) is 5.27. The van der Waals surface area contributed by atoms with E-state index in [1.54, 1.807) is 0 Å². The summed E-state index contributed by atoms with van der Waals surface area (Å²) in [6, 6.07) is -0.657. The van der Waals surface area contributed by atoms with Gasteiger partial charge in [-0.15, -0.1) is 0 Å². The molecule has 0 unspecified atom stereocenters. The van der Waals surface area contributed by atoms with Crippen LogP contribution in [0.3, 0.4) is 0 Å². The lowest BCUT2D eigenvalue weighted by Crippen LogP contribution is -2.48. The van der Waals surface area contributed by atoms with E-state index in [1.165, 1.54) is 0 Å². The summed E-state index contributed by atoms with van der Waals surface area (Å²) in [6.45, 7) is 0. The van der Waals surface area contributed by atoms with Crippen molar-refractivity contribution in [2.24, 2.45) is 5.73 Å². The van der Waals surface area contributed by atoms with E-state index in [0.29, 0.717) is 11.7 Å². The molecular weight excluding hydrogens is 120 g/mol. The fourth-order valence-corrected chi connectivity index (χ4v) is 0.664. The Kier molecular flexibility index (Phi) is 1.17. The van der Waals surface area contributed by atoms with Crippen molar-refractivity contribution in [2.75, 3.05) is 0 Å². The van der Waals surface area contributed by atoms with Crippen LogP contribution in [0.15, 0.2) is 0 Å². The maximum atomic E-state index is 10.7. The van der Waals surface area contributed by atoms with Crippen LogP contribution in [-0.2, 0) is 9.59 Å². The van der Waals surface area contributed by atoms with Crippen LogP contribution in [0.2, 0.25) is 1.41 Å². The first kappa shape index (κ1) is 4.93. The van der Waals surface area contributed by atoms with Gasteiger partial charge in [-0.3, -0.25) is 14.9 Å². The normalized spacial score (nSPS) is 30.6. The van der Waals surface area contributed by atoms with Gasteiger partial charge in [0.05, 0.1) is 6.04 Å². The van der Waals surface area contributed by atoms with Crippen LogP contribution in [0.4, 0.5) is 0 Å². The van der Waals surface area contributed by atoms with Gasteiger partial charge in [-0.1, -0.05) is 0 Å². The van der Waals surface area contributed by atoms with Crippen molar-refractivity contribution in [3.63, 3.8) is 0 Å². The smallest absolute Gasteiger partial charge is 0.243 e. The van der Waals surface area contributed by atoms with E-state index < -0.39 is 17.9 Å². The van der Waals surface area contributed by atoms with E-state index in [2.05, 4.69) is 0 Å². The molecule has 0 bridgehead atoms. The average molecular weight is 129 g/mol. The molecule has 0 aromatic carbocycles. The Morgan fingerprint density at radius 1 is 1.78 bits per heavy atom. The standard InChI is InChI=1S/C5H8N2O2/c6-3-1-2-4(8)7-5(3)9/h3H,1-2,6H2,(H,7,8,9)/t3-/m1/s1/i/hD. The van der Waals surface area contributed by atoms with Gasteiger partial charge < -0.3 is 5.73 Å². The zero-order valence-corrected chi connectivity index (χ0v) is 4.83. The van der Waals surface area contributed by atoms with Gasteiger partial charge in [-0.2, -0.15) is 0 Å². The summed E-state index contributed by atoms with van der Waals surface area (Å²) in [7, 11) is 0. The average Bonchev–Trinajstić information content (AvgIpc) is 1.93. The predicted molar refractivity (Wildman–Crippen MR) is 30.4 cm³/mol. The molecule has 0 radical (unpaired) electrons. The minimum atomic E-state index is -0.657. The molecular formula is C5H8N2O2. The second-order valence-corrected chi connectivity index (χ2v) is 1.99. The molecule has 2 amide bonds. The molecule has 1 heterocycles. The van der Waals surface area contributed by atoms with Gasteiger partial charge in [-0.05, 0) is 6.42 Å². The maximum absolute atomic E-state index is 10.7. The molecule has 9 heavy (non-hydrogen) atoms. The lowest BCUT2D eigenvalue weighted by Gasteiger charge is -2.15. The van der Waals surface area contributed by atoms with Crippen molar-refractivity contribution in [1.82, 2.24) is 5.31 Å². The Balaban J connectivity index is 2.70. The van der Waals surface area contributed by atoms with E-state index in [9.17, 15) is 9.59 Å². The molecule has 0 aromatic heterocycles. The molecule has 50 valence electrons. The zero-order chi connectivity index (χ0) is 7.72. The number of piperidine rings is 1. The highest BCUT2D eigenvalue weighted by Gasteiger charge is 2.22. The molecule has 0 aliphatic carbocycles. The Hall–Kier alpha value is -0.900. The summed E-state index contributed by atoms with van der Waals surface area (Å²) in [4.78, 5) is 21.3. The molecule has 3 N–H and O–H groups in total. The SMILES string of the molecule is [2H]N1C(=O)CC[C@@H](N)C1=O. The summed E-state index contributed by atoms with van der Waals surface area (Å²) in [5.74, 6) is -1.07. The number of hydrogen-bond acceptors (Lipinski definition) is 3. The minimum absolute atomic E-state index is 0.205. The fourth-order valence-electron chi connectivity index (χ4n) is 0.664. The Bertz CT molecular complexity index is 182. The summed E-state index contributed by atoms with van der Waals surface area (Å²) < 4.78 is 6.87. The highest BCUT2D eigenvalue weighted by atomic mass is 16.2. The first-order valence-electron chi connectivity index (χ1n) is 3.19. The number of imide groups is 1. The van der Waals surface area contributed by atoms with E-state index in [0.717, 1.165) is 0 Å². The van der Waals surface area contributed by atoms with Crippen LogP contribution in [-0.4, -0.2) is 17.9 Å². The second kappa shape index (κ2) is 2.14. The van der Waals surface area contributed by atoms with Crippen LogP contribution >= 0.6 is 0 Å². The topological polar surface area (TPSA) is 72.2 Å². The van der Waals surface area contributed by atoms with Gasteiger partial charge in [0.15, 0.2) is 1.41 Å². The molecule has 1 saturated heterocycles. The van der Waals surface area contributed by atoms with Gasteiger partial charge in [0, 0.05) is 6.42 Å². The number of amides is 2. The van der Waals surface area contributed by atoms with E-state index >= 15 is 0 Å². The molecule has 1 aliphatic heterocycles. The van der Waals surface area contributed by atoms with E-state index in [-0.39, 0.29) is 6.42 Å². The lowest BCUT2D eigenvalue weighted by molar-refractivity contribution is -0.134. The van der Waals surface area contributed by atoms with Gasteiger partial charge in [-0.25, -0.2) is 0 Å². The molecule has 1 fully saturated rings. The second-order valence-electron chi connectivity index (χ2n) is 1.99. The van der Waals surface area contributed by atoms with Crippen LogP contribution < -0.4 is 11.0 Å². The van der Waals surface area contributed by atoms with Crippen LogP contribution in [0, 0.1) is 0 Å². The summed E-state index contributed by atoms with van der Waals surface area (Å²) >= 11 is 0. The van der Waals surface area contributed by atoms with Crippen molar-refractivity contribution >= 4 is 11.8 Å². The molecule has 1 atom stereocenters.